The fourth-order valence-corrected chi connectivity index (χ4v) is 1.11. The second-order valence-corrected chi connectivity index (χ2v) is 3.06. The Balaban J connectivity index is 3.24. The Morgan fingerprint density at radius 2 is 1.92 bits per heavy atom. The van der Waals surface area contributed by atoms with E-state index in [1.807, 2.05) is 0 Å². The molecular weight excluding hydrogens is 251 g/mol. The van der Waals surface area contributed by atoms with Crippen molar-refractivity contribution in [3.63, 3.8) is 0 Å². The molecule has 0 fully saturated rings. The zero-order chi connectivity index (χ0) is 10.0. The predicted molar refractivity (Wildman–Crippen MR) is 43.0 cm³/mol. The second-order valence-electron chi connectivity index (χ2n) is 2.27. The Hall–Kier alpha value is -0.590. The first-order chi connectivity index (χ1) is 6.07. The van der Waals surface area contributed by atoms with E-state index >= 15 is 0 Å². The molecule has 1 rings (SSSR count). The van der Waals surface area contributed by atoms with Gasteiger partial charge >= 0.3 is 0 Å². The molecule has 1 aromatic carbocycles. The van der Waals surface area contributed by atoms with Crippen molar-refractivity contribution in [3.8, 4) is 0 Å². The molecule has 0 saturated heterocycles. The van der Waals surface area contributed by atoms with Gasteiger partial charge in [-0.3, -0.25) is 4.84 Å². The Kier molecular flexibility index (Phi) is 3.29. The van der Waals surface area contributed by atoms with Crippen molar-refractivity contribution in [2.24, 2.45) is 5.90 Å². The predicted octanol–water partition coefficient (Wildman–Crippen LogP) is 2.26. The van der Waals surface area contributed by atoms with Crippen LogP contribution in [-0.4, -0.2) is 0 Å². The minimum atomic E-state index is -1.29. The molecule has 6 heteroatoms. The van der Waals surface area contributed by atoms with Gasteiger partial charge in [0.15, 0.2) is 11.6 Å². The lowest BCUT2D eigenvalue weighted by Crippen LogP contribution is -2.04. The van der Waals surface area contributed by atoms with Gasteiger partial charge in [-0.15, -0.1) is 0 Å². The number of benzene rings is 1. The average Bonchev–Trinajstić information content (AvgIpc) is 2.11. The van der Waals surface area contributed by atoms with Crippen LogP contribution in [0.2, 0.25) is 0 Å². The first-order valence-electron chi connectivity index (χ1n) is 3.21. The molecule has 0 radical (unpaired) electrons. The van der Waals surface area contributed by atoms with E-state index < -0.39 is 21.9 Å². The van der Waals surface area contributed by atoms with Crippen molar-refractivity contribution >= 4 is 15.9 Å². The summed E-state index contributed by atoms with van der Waals surface area (Å²) >= 11 is 2.55. The SMILES string of the molecule is NOCc1cc(F)c(Br)c(F)c1F. The van der Waals surface area contributed by atoms with Crippen LogP contribution >= 0.6 is 15.9 Å². The molecule has 0 heterocycles. The van der Waals surface area contributed by atoms with E-state index in [2.05, 4.69) is 26.7 Å². The van der Waals surface area contributed by atoms with Crippen LogP contribution in [0.5, 0.6) is 0 Å². The molecular formula is C7H5BrF3NO. The summed E-state index contributed by atoms with van der Waals surface area (Å²) in [6, 6.07) is 0.815. The minimum absolute atomic E-state index is 0.263. The molecule has 13 heavy (non-hydrogen) atoms. The Bertz CT molecular complexity index is 332. The number of nitrogens with two attached hydrogens (primary N) is 1. The summed E-state index contributed by atoms with van der Waals surface area (Å²) in [5.74, 6) is 1.29. The van der Waals surface area contributed by atoms with Gasteiger partial charge in [-0.05, 0) is 22.0 Å². The van der Waals surface area contributed by atoms with E-state index in [0.29, 0.717) is 0 Å². The Labute approximate surface area is 80.6 Å². The summed E-state index contributed by atoms with van der Waals surface area (Å²) in [4.78, 5) is 4.07. The molecule has 0 spiro atoms. The fraction of sp³-hybridized carbons (Fsp3) is 0.143. The lowest BCUT2D eigenvalue weighted by atomic mass is 10.2. The zero-order valence-electron chi connectivity index (χ0n) is 6.28. The minimum Gasteiger partial charge on any atom is -0.300 e. The van der Waals surface area contributed by atoms with Crippen LogP contribution in [0.4, 0.5) is 13.2 Å². The van der Waals surface area contributed by atoms with Crippen LogP contribution in [0.1, 0.15) is 5.56 Å². The van der Waals surface area contributed by atoms with Crippen LogP contribution in [0.15, 0.2) is 10.5 Å². The van der Waals surface area contributed by atoms with E-state index in [1.165, 1.54) is 0 Å². The topological polar surface area (TPSA) is 35.2 Å². The largest absolute Gasteiger partial charge is 0.300 e. The van der Waals surface area contributed by atoms with Crippen LogP contribution in [-0.2, 0) is 11.4 Å². The van der Waals surface area contributed by atoms with Crippen LogP contribution in [0.3, 0.4) is 0 Å². The highest BCUT2D eigenvalue weighted by Gasteiger charge is 2.16. The summed E-state index contributed by atoms with van der Waals surface area (Å²) in [5.41, 5.74) is -0.263. The van der Waals surface area contributed by atoms with E-state index in [1.54, 1.807) is 0 Å². The average molecular weight is 256 g/mol. The third-order valence-electron chi connectivity index (χ3n) is 1.42. The summed E-state index contributed by atoms with van der Waals surface area (Å²) in [7, 11) is 0. The van der Waals surface area contributed by atoms with E-state index in [9.17, 15) is 13.2 Å². The van der Waals surface area contributed by atoms with E-state index in [0.717, 1.165) is 6.07 Å². The summed E-state index contributed by atoms with van der Waals surface area (Å²) in [5, 5.41) is 0. The number of hydrogen-bond acceptors (Lipinski definition) is 2. The molecule has 72 valence electrons. The summed E-state index contributed by atoms with van der Waals surface area (Å²) in [6.07, 6.45) is 0. The van der Waals surface area contributed by atoms with Gasteiger partial charge in [0, 0.05) is 5.56 Å². The van der Waals surface area contributed by atoms with E-state index in [-0.39, 0.29) is 12.2 Å². The number of rotatable bonds is 2. The smallest absolute Gasteiger partial charge is 0.176 e. The third kappa shape index (κ3) is 2.01. The molecule has 0 aromatic heterocycles. The highest BCUT2D eigenvalue weighted by molar-refractivity contribution is 9.10. The van der Waals surface area contributed by atoms with Crippen LogP contribution in [0, 0.1) is 17.5 Å². The molecule has 1 aromatic rings. The van der Waals surface area contributed by atoms with Crippen molar-refractivity contribution in [2.75, 3.05) is 0 Å². The summed E-state index contributed by atoms with van der Waals surface area (Å²) in [6.45, 7) is -0.382. The van der Waals surface area contributed by atoms with Crippen molar-refractivity contribution in [1.82, 2.24) is 0 Å². The number of hydrogen-bond donors (Lipinski definition) is 1. The molecule has 0 aliphatic carbocycles. The van der Waals surface area contributed by atoms with Crippen molar-refractivity contribution in [1.29, 1.82) is 0 Å². The van der Waals surface area contributed by atoms with Gasteiger partial charge in [-0.1, -0.05) is 0 Å². The molecule has 0 saturated carbocycles. The maximum atomic E-state index is 12.9. The zero-order valence-corrected chi connectivity index (χ0v) is 7.87. The van der Waals surface area contributed by atoms with Crippen LogP contribution < -0.4 is 5.90 Å². The first kappa shape index (κ1) is 10.5. The van der Waals surface area contributed by atoms with Crippen molar-refractivity contribution in [2.45, 2.75) is 6.61 Å². The standard InChI is InChI=1S/C7H5BrF3NO/c8-5-4(9)1-3(2-13-12)6(10)7(5)11/h1H,2,12H2. The fourth-order valence-electron chi connectivity index (χ4n) is 0.817. The quantitative estimate of drug-likeness (QED) is 0.500. The van der Waals surface area contributed by atoms with Gasteiger partial charge in [0.1, 0.15) is 5.82 Å². The molecule has 0 aliphatic heterocycles. The molecule has 0 amide bonds. The van der Waals surface area contributed by atoms with E-state index in [4.69, 9.17) is 0 Å². The molecule has 2 N–H and O–H groups in total. The molecule has 0 atom stereocenters. The third-order valence-corrected chi connectivity index (χ3v) is 2.14. The highest BCUT2D eigenvalue weighted by Crippen LogP contribution is 2.24. The molecule has 0 bridgehead atoms. The van der Waals surface area contributed by atoms with Crippen LogP contribution in [0.25, 0.3) is 0 Å². The lowest BCUT2D eigenvalue weighted by Gasteiger charge is -2.04. The maximum absolute atomic E-state index is 12.9. The first-order valence-corrected chi connectivity index (χ1v) is 4.00. The van der Waals surface area contributed by atoms with Crippen molar-refractivity contribution < 1.29 is 18.0 Å². The Morgan fingerprint density at radius 1 is 1.31 bits per heavy atom. The van der Waals surface area contributed by atoms with Gasteiger partial charge in [-0.2, -0.15) is 0 Å². The molecule has 2 nitrogen and oxygen atoms in total. The maximum Gasteiger partial charge on any atom is 0.176 e. The van der Waals surface area contributed by atoms with Gasteiger partial charge < -0.3 is 0 Å². The number of halogens is 4. The van der Waals surface area contributed by atoms with Gasteiger partial charge in [0.05, 0.1) is 11.1 Å². The van der Waals surface area contributed by atoms with Gasteiger partial charge in [0.25, 0.3) is 0 Å². The summed E-state index contributed by atoms with van der Waals surface area (Å²) < 4.78 is 38.0. The molecule has 0 unspecified atom stereocenters. The highest BCUT2D eigenvalue weighted by atomic mass is 79.9. The second kappa shape index (κ2) is 4.08. The Morgan fingerprint density at radius 3 is 2.46 bits per heavy atom. The lowest BCUT2D eigenvalue weighted by molar-refractivity contribution is 0.120. The van der Waals surface area contributed by atoms with Gasteiger partial charge in [-0.25, -0.2) is 19.1 Å². The van der Waals surface area contributed by atoms with Crippen molar-refractivity contribution in [3.05, 3.63) is 33.6 Å². The monoisotopic (exact) mass is 255 g/mol. The molecule has 0 aliphatic rings. The van der Waals surface area contributed by atoms with Gasteiger partial charge in [0.2, 0.25) is 0 Å². The normalized spacial score (nSPS) is 10.5.